The Balaban J connectivity index is 1.77. The Labute approximate surface area is 193 Å². The number of anilines is 1. The van der Waals surface area contributed by atoms with Crippen LogP contribution in [-0.2, 0) is 9.59 Å². The molecular weight excluding hydrogens is 439 g/mol. The fraction of sp³-hybridized carbons (Fsp3) is 0.115. The number of carbonyl (C=O) groups excluding carboxylic acids is 2. The first kappa shape index (κ1) is 21.0. The zero-order chi connectivity index (χ0) is 23.3. The second kappa shape index (κ2) is 7.94. The largest absolute Gasteiger partial charge is 0.507 e. The Morgan fingerprint density at radius 2 is 1.73 bits per heavy atom. The van der Waals surface area contributed by atoms with E-state index < -0.39 is 23.5 Å². The Kier molecular flexibility index (Phi) is 5.06. The van der Waals surface area contributed by atoms with Crippen LogP contribution in [0.2, 0.25) is 0 Å². The van der Waals surface area contributed by atoms with E-state index in [1.165, 1.54) is 34.4 Å². The van der Waals surface area contributed by atoms with Crippen LogP contribution >= 0.6 is 11.3 Å². The van der Waals surface area contributed by atoms with Gasteiger partial charge in [0.05, 0.1) is 15.8 Å². The van der Waals surface area contributed by atoms with Gasteiger partial charge >= 0.3 is 5.91 Å². The Hall–Kier alpha value is -3.84. The SMILES string of the molecule is Cc1cc(C)c2nc(N3C(=O)C(=O)C(=C(O)c4ccccc4)[C@H]3c3ccccc3F)sc2c1. The summed E-state index contributed by atoms with van der Waals surface area (Å²) in [6.45, 7) is 3.90. The number of Topliss-reactive ketones (excluding diaryl/α,β-unsaturated/α-hetero) is 1. The third-order valence-corrected chi connectivity index (χ3v) is 6.72. The second-order valence-electron chi connectivity index (χ2n) is 7.98. The Morgan fingerprint density at radius 1 is 1.03 bits per heavy atom. The zero-order valence-electron chi connectivity index (χ0n) is 17.9. The van der Waals surface area contributed by atoms with Crippen molar-refractivity contribution in [2.24, 2.45) is 0 Å². The molecule has 1 atom stereocenters. The lowest BCUT2D eigenvalue weighted by Crippen LogP contribution is -2.29. The molecule has 5 nitrogen and oxygen atoms in total. The highest BCUT2D eigenvalue weighted by Crippen LogP contribution is 2.45. The third-order valence-electron chi connectivity index (χ3n) is 5.72. The van der Waals surface area contributed by atoms with Gasteiger partial charge in [-0.15, -0.1) is 0 Å². The molecule has 1 N–H and O–H groups in total. The highest BCUT2D eigenvalue weighted by atomic mass is 32.1. The number of thiazole rings is 1. The predicted octanol–water partition coefficient (Wildman–Crippen LogP) is 5.68. The molecule has 0 aliphatic carbocycles. The number of aryl methyl sites for hydroxylation is 2. The van der Waals surface area contributed by atoms with Gasteiger partial charge in [-0.2, -0.15) is 0 Å². The van der Waals surface area contributed by atoms with Gasteiger partial charge in [0.1, 0.15) is 17.6 Å². The van der Waals surface area contributed by atoms with E-state index in [4.69, 9.17) is 0 Å². The molecule has 1 fully saturated rings. The van der Waals surface area contributed by atoms with Crippen LogP contribution in [0.5, 0.6) is 0 Å². The number of fused-ring (bicyclic) bond motifs is 1. The van der Waals surface area contributed by atoms with Crippen molar-refractivity contribution in [3.63, 3.8) is 0 Å². The Morgan fingerprint density at radius 3 is 2.45 bits per heavy atom. The van der Waals surface area contributed by atoms with Crippen LogP contribution in [0, 0.1) is 19.7 Å². The average molecular weight is 459 g/mol. The van der Waals surface area contributed by atoms with E-state index in [9.17, 15) is 19.1 Å². The zero-order valence-corrected chi connectivity index (χ0v) is 18.7. The number of carbonyl (C=O) groups is 2. The van der Waals surface area contributed by atoms with Crippen molar-refractivity contribution in [2.75, 3.05) is 4.90 Å². The van der Waals surface area contributed by atoms with E-state index in [-0.39, 0.29) is 22.0 Å². The van der Waals surface area contributed by atoms with E-state index in [0.717, 1.165) is 21.3 Å². The van der Waals surface area contributed by atoms with Gasteiger partial charge in [-0.05, 0) is 37.1 Å². The summed E-state index contributed by atoms with van der Waals surface area (Å²) in [6, 6.07) is 17.2. The van der Waals surface area contributed by atoms with Gasteiger partial charge in [0.25, 0.3) is 5.78 Å². The van der Waals surface area contributed by atoms with E-state index in [1.807, 2.05) is 26.0 Å². The smallest absolute Gasteiger partial charge is 0.301 e. The van der Waals surface area contributed by atoms with Gasteiger partial charge in [0.2, 0.25) is 0 Å². The van der Waals surface area contributed by atoms with Crippen LogP contribution in [0.15, 0.2) is 72.3 Å². The van der Waals surface area contributed by atoms with Gasteiger partial charge < -0.3 is 5.11 Å². The van der Waals surface area contributed by atoms with Crippen LogP contribution in [0.3, 0.4) is 0 Å². The number of amides is 1. The summed E-state index contributed by atoms with van der Waals surface area (Å²) in [5.74, 6) is -2.66. The number of aromatic nitrogens is 1. The van der Waals surface area contributed by atoms with Crippen LogP contribution in [-0.4, -0.2) is 21.8 Å². The predicted molar refractivity (Wildman–Crippen MR) is 127 cm³/mol. The topological polar surface area (TPSA) is 70.5 Å². The lowest BCUT2D eigenvalue weighted by molar-refractivity contribution is -0.132. The summed E-state index contributed by atoms with van der Waals surface area (Å²) in [5.41, 5.74) is 3.03. The molecule has 7 heteroatoms. The van der Waals surface area contributed by atoms with Crippen LogP contribution in [0.4, 0.5) is 9.52 Å². The standard InChI is InChI=1S/C26H19FN2O3S/c1-14-12-15(2)21-19(13-14)33-26(28-21)29-22(17-10-6-7-11-18(17)27)20(24(31)25(29)32)23(30)16-8-4-3-5-9-16/h3-13,22,30H,1-2H3/t22-/m1/s1. The van der Waals surface area contributed by atoms with E-state index >= 15 is 0 Å². The van der Waals surface area contributed by atoms with Gasteiger partial charge in [0.15, 0.2) is 5.13 Å². The van der Waals surface area contributed by atoms with Gasteiger partial charge in [-0.1, -0.05) is 65.9 Å². The molecule has 0 radical (unpaired) electrons. The van der Waals surface area contributed by atoms with Crippen molar-refractivity contribution < 1.29 is 19.1 Å². The molecule has 3 aromatic carbocycles. The summed E-state index contributed by atoms with van der Waals surface area (Å²) < 4.78 is 15.8. The molecule has 2 heterocycles. The first-order valence-corrected chi connectivity index (χ1v) is 11.2. The molecule has 5 rings (SSSR count). The van der Waals surface area contributed by atoms with Crippen molar-refractivity contribution in [3.05, 3.63) is 100 Å². The molecular formula is C26H19FN2O3S. The maximum atomic E-state index is 15.0. The highest BCUT2D eigenvalue weighted by molar-refractivity contribution is 7.22. The van der Waals surface area contributed by atoms with Crippen LogP contribution < -0.4 is 4.90 Å². The molecule has 1 amide bonds. The molecule has 0 spiro atoms. The fourth-order valence-corrected chi connectivity index (χ4v) is 5.40. The Bertz CT molecular complexity index is 1460. The van der Waals surface area contributed by atoms with Crippen LogP contribution in [0.25, 0.3) is 16.0 Å². The normalized spacial score (nSPS) is 17.8. The molecule has 0 unspecified atom stereocenters. The van der Waals surface area contributed by atoms with Crippen LogP contribution in [0.1, 0.15) is 28.3 Å². The minimum Gasteiger partial charge on any atom is -0.507 e. The quantitative estimate of drug-likeness (QED) is 0.244. The third kappa shape index (κ3) is 3.41. The lowest BCUT2D eigenvalue weighted by Gasteiger charge is -2.23. The van der Waals surface area contributed by atoms with Crippen molar-refractivity contribution in [3.8, 4) is 0 Å². The first-order chi connectivity index (χ1) is 15.9. The van der Waals surface area contributed by atoms with E-state index in [0.29, 0.717) is 5.56 Å². The van der Waals surface area contributed by atoms with Crippen molar-refractivity contribution >= 4 is 44.1 Å². The minimum atomic E-state index is -1.15. The number of hydrogen-bond donors (Lipinski definition) is 1. The maximum absolute atomic E-state index is 15.0. The summed E-state index contributed by atoms with van der Waals surface area (Å²) in [7, 11) is 0. The maximum Gasteiger partial charge on any atom is 0.301 e. The molecule has 164 valence electrons. The summed E-state index contributed by atoms with van der Waals surface area (Å²) in [6.07, 6.45) is 0. The summed E-state index contributed by atoms with van der Waals surface area (Å²) in [5, 5.41) is 11.3. The number of ketones is 1. The number of nitrogens with zero attached hydrogens (tertiary/aromatic N) is 2. The second-order valence-corrected chi connectivity index (χ2v) is 8.99. The highest BCUT2D eigenvalue weighted by Gasteiger charge is 2.49. The number of rotatable bonds is 3. The van der Waals surface area contributed by atoms with Crippen molar-refractivity contribution in [1.29, 1.82) is 0 Å². The van der Waals surface area contributed by atoms with Crippen molar-refractivity contribution in [2.45, 2.75) is 19.9 Å². The summed E-state index contributed by atoms with van der Waals surface area (Å²) in [4.78, 5) is 32.3. The van der Waals surface area contributed by atoms with E-state index in [2.05, 4.69) is 4.98 Å². The number of aliphatic hydroxyl groups excluding tert-OH is 1. The lowest BCUT2D eigenvalue weighted by atomic mass is 9.95. The molecule has 33 heavy (non-hydrogen) atoms. The van der Waals surface area contributed by atoms with Gasteiger partial charge in [-0.3, -0.25) is 14.5 Å². The summed E-state index contributed by atoms with van der Waals surface area (Å²) >= 11 is 1.26. The first-order valence-electron chi connectivity index (χ1n) is 10.4. The molecule has 0 bridgehead atoms. The van der Waals surface area contributed by atoms with Gasteiger partial charge in [0, 0.05) is 11.1 Å². The van der Waals surface area contributed by atoms with Crippen molar-refractivity contribution in [1.82, 2.24) is 4.98 Å². The fourth-order valence-electron chi connectivity index (χ4n) is 4.23. The molecule has 1 aromatic heterocycles. The number of hydrogen-bond acceptors (Lipinski definition) is 5. The number of aliphatic hydroxyl groups is 1. The molecule has 1 aliphatic rings. The molecule has 1 aliphatic heterocycles. The molecule has 1 saturated heterocycles. The monoisotopic (exact) mass is 458 g/mol. The average Bonchev–Trinajstić information content (AvgIpc) is 3.33. The number of halogens is 1. The molecule has 0 saturated carbocycles. The minimum absolute atomic E-state index is 0.112. The van der Waals surface area contributed by atoms with E-state index in [1.54, 1.807) is 36.4 Å². The molecule has 4 aromatic rings. The van der Waals surface area contributed by atoms with Gasteiger partial charge in [-0.25, -0.2) is 9.37 Å². The number of benzene rings is 3.